The SMILES string of the molecule is CCCCCCCCOC(=O)c1ccccc1OCCC. The Balaban J connectivity index is 2.31. The van der Waals surface area contributed by atoms with E-state index in [1.807, 2.05) is 25.1 Å². The van der Waals surface area contributed by atoms with Gasteiger partial charge in [-0.3, -0.25) is 0 Å². The molecule has 0 aromatic heterocycles. The molecule has 1 aromatic rings. The van der Waals surface area contributed by atoms with Gasteiger partial charge in [0.2, 0.25) is 0 Å². The third-order valence-corrected chi connectivity index (χ3v) is 3.30. The maximum absolute atomic E-state index is 12.1. The zero-order valence-electron chi connectivity index (χ0n) is 13.4. The molecule has 0 unspecified atom stereocenters. The van der Waals surface area contributed by atoms with Crippen molar-refractivity contribution in [2.45, 2.75) is 58.8 Å². The normalized spacial score (nSPS) is 10.4. The Morgan fingerprint density at radius 3 is 2.38 bits per heavy atom. The number of para-hydroxylation sites is 1. The summed E-state index contributed by atoms with van der Waals surface area (Å²) in [6.45, 7) is 5.36. The highest BCUT2D eigenvalue weighted by molar-refractivity contribution is 5.92. The quantitative estimate of drug-likeness (QED) is 0.425. The fraction of sp³-hybridized carbons (Fsp3) is 0.611. The molecule has 0 aliphatic heterocycles. The number of ether oxygens (including phenoxy) is 2. The molecule has 0 saturated heterocycles. The Morgan fingerprint density at radius 2 is 1.62 bits per heavy atom. The van der Waals surface area contributed by atoms with Gasteiger partial charge in [-0.1, -0.05) is 58.1 Å². The van der Waals surface area contributed by atoms with Crippen LogP contribution in [0.25, 0.3) is 0 Å². The third-order valence-electron chi connectivity index (χ3n) is 3.30. The lowest BCUT2D eigenvalue weighted by atomic mass is 10.1. The summed E-state index contributed by atoms with van der Waals surface area (Å²) in [7, 11) is 0. The molecule has 118 valence electrons. The highest BCUT2D eigenvalue weighted by Gasteiger charge is 2.13. The van der Waals surface area contributed by atoms with Gasteiger partial charge in [0.1, 0.15) is 11.3 Å². The molecule has 3 heteroatoms. The topological polar surface area (TPSA) is 35.5 Å². The minimum absolute atomic E-state index is 0.282. The van der Waals surface area contributed by atoms with Crippen molar-refractivity contribution < 1.29 is 14.3 Å². The largest absolute Gasteiger partial charge is 0.493 e. The van der Waals surface area contributed by atoms with Crippen LogP contribution in [-0.4, -0.2) is 19.2 Å². The second kappa shape index (κ2) is 11.2. The lowest BCUT2D eigenvalue weighted by molar-refractivity contribution is 0.0493. The van der Waals surface area contributed by atoms with E-state index >= 15 is 0 Å². The number of unbranched alkanes of at least 4 members (excludes halogenated alkanes) is 5. The summed E-state index contributed by atoms with van der Waals surface area (Å²) in [5.41, 5.74) is 0.525. The van der Waals surface area contributed by atoms with Crippen LogP contribution in [0.4, 0.5) is 0 Å². The van der Waals surface area contributed by atoms with E-state index in [-0.39, 0.29) is 5.97 Å². The summed E-state index contributed by atoms with van der Waals surface area (Å²) >= 11 is 0. The van der Waals surface area contributed by atoms with Crippen LogP contribution in [0.3, 0.4) is 0 Å². The minimum atomic E-state index is -0.282. The van der Waals surface area contributed by atoms with Gasteiger partial charge in [0, 0.05) is 0 Å². The Morgan fingerprint density at radius 1 is 0.905 bits per heavy atom. The van der Waals surface area contributed by atoms with Crippen molar-refractivity contribution in [3.05, 3.63) is 29.8 Å². The maximum Gasteiger partial charge on any atom is 0.341 e. The van der Waals surface area contributed by atoms with E-state index in [1.54, 1.807) is 6.07 Å². The van der Waals surface area contributed by atoms with E-state index in [1.165, 1.54) is 25.7 Å². The van der Waals surface area contributed by atoms with E-state index in [0.717, 1.165) is 19.3 Å². The monoisotopic (exact) mass is 292 g/mol. The first-order chi connectivity index (χ1) is 10.3. The Hall–Kier alpha value is -1.51. The van der Waals surface area contributed by atoms with Crippen LogP contribution in [-0.2, 0) is 4.74 Å². The standard InChI is InChI=1S/C18H28O3/c1-3-5-6-7-8-11-15-21-18(19)16-12-9-10-13-17(16)20-14-4-2/h9-10,12-13H,3-8,11,14-15H2,1-2H3. The minimum Gasteiger partial charge on any atom is -0.493 e. The average Bonchev–Trinajstić information content (AvgIpc) is 2.52. The average molecular weight is 292 g/mol. The summed E-state index contributed by atoms with van der Waals surface area (Å²) in [6.07, 6.45) is 8.03. The molecule has 0 heterocycles. The Labute approximate surface area is 128 Å². The predicted molar refractivity (Wildman–Crippen MR) is 85.9 cm³/mol. The molecule has 0 aliphatic carbocycles. The first kappa shape index (κ1) is 17.5. The Bertz CT molecular complexity index is 401. The first-order valence-electron chi connectivity index (χ1n) is 8.18. The number of benzene rings is 1. The number of hydrogen-bond acceptors (Lipinski definition) is 3. The molecule has 0 fully saturated rings. The molecular weight excluding hydrogens is 264 g/mol. The van der Waals surface area contributed by atoms with E-state index in [0.29, 0.717) is 24.5 Å². The molecule has 1 rings (SSSR count). The molecule has 0 bridgehead atoms. The van der Waals surface area contributed by atoms with Crippen LogP contribution in [0.15, 0.2) is 24.3 Å². The van der Waals surface area contributed by atoms with E-state index in [9.17, 15) is 4.79 Å². The molecule has 0 saturated carbocycles. The van der Waals surface area contributed by atoms with Gasteiger partial charge in [-0.2, -0.15) is 0 Å². The van der Waals surface area contributed by atoms with Gasteiger partial charge in [-0.25, -0.2) is 4.79 Å². The lowest BCUT2D eigenvalue weighted by Gasteiger charge is -2.10. The van der Waals surface area contributed by atoms with Crippen LogP contribution >= 0.6 is 0 Å². The summed E-state index contributed by atoms with van der Waals surface area (Å²) < 4.78 is 10.9. The number of esters is 1. The molecule has 3 nitrogen and oxygen atoms in total. The summed E-state index contributed by atoms with van der Waals surface area (Å²) in [5, 5.41) is 0. The molecule has 0 radical (unpaired) electrons. The molecule has 1 aromatic carbocycles. The van der Waals surface area contributed by atoms with Crippen molar-refractivity contribution >= 4 is 5.97 Å². The molecule has 0 aliphatic rings. The smallest absolute Gasteiger partial charge is 0.341 e. The second-order valence-electron chi connectivity index (χ2n) is 5.25. The van der Waals surface area contributed by atoms with Crippen molar-refractivity contribution in [3.63, 3.8) is 0 Å². The van der Waals surface area contributed by atoms with E-state index < -0.39 is 0 Å². The van der Waals surface area contributed by atoms with Crippen LogP contribution < -0.4 is 4.74 Å². The van der Waals surface area contributed by atoms with Crippen molar-refractivity contribution in [2.24, 2.45) is 0 Å². The summed E-state index contributed by atoms with van der Waals surface area (Å²) in [4.78, 5) is 12.1. The van der Waals surface area contributed by atoms with Crippen molar-refractivity contribution in [3.8, 4) is 5.75 Å². The van der Waals surface area contributed by atoms with Crippen LogP contribution in [0.5, 0.6) is 5.75 Å². The highest BCUT2D eigenvalue weighted by Crippen LogP contribution is 2.19. The van der Waals surface area contributed by atoms with Gasteiger partial charge in [0.25, 0.3) is 0 Å². The molecule has 0 spiro atoms. The predicted octanol–water partition coefficient (Wildman–Crippen LogP) is 4.99. The molecule has 21 heavy (non-hydrogen) atoms. The third kappa shape index (κ3) is 7.16. The van der Waals surface area contributed by atoms with Gasteiger partial charge in [0.15, 0.2) is 0 Å². The van der Waals surface area contributed by atoms with Crippen LogP contribution in [0, 0.1) is 0 Å². The highest BCUT2D eigenvalue weighted by atomic mass is 16.5. The zero-order valence-corrected chi connectivity index (χ0v) is 13.4. The summed E-state index contributed by atoms with van der Waals surface area (Å²) in [6, 6.07) is 7.28. The number of hydrogen-bond donors (Lipinski definition) is 0. The van der Waals surface area contributed by atoms with Crippen LogP contribution in [0.1, 0.15) is 69.2 Å². The fourth-order valence-electron chi connectivity index (χ4n) is 2.10. The van der Waals surface area contributed by atoms with E-state index in [4.69, 9.17) is 9.47 Å². The van der Waals surface area contributed by atoms with Crippen molar-refractivity contribution in [2.75, 3.05) is 13.2 Å². The van der Waals surface area contributed by atoms with Gasteiger partial charge in [-0.05, 0) is 25.0 Å². The van der Waals surface area contributed by atoms with E-state index in [2.05, 4.69) is 6.92 Å². The fourth-order valence-corrected chi connectivity index (χ4v) is 2.10. The summed E-state index contributed by atoms with van der Waals surface area (Å²) in [5.74, 6) is 0.336. The molecule has 0 N–H and O–H groups in total. The second-order valence-corrected chi connectivity index (χ2v) is 5.25. The molecule has 0 amide bonds. The zero-order chi connectivity index (χ0) is 15.3. The molecule has 0 atom stereocenters. The Kier molecular flexibility index (Phi) is 9.34. The van der Waals surface area contributed by atoms with Crippen molar-refractivity contribution in [1.29, 1.82) is 0 Å². The van der Waals surface area contributed by atoms with Gasteiger partial charge >= 0.3 is 5.97 Å². The maximum atomic E-state index is 12.1. The number of carbonyl (C=O) groups is 1. The van der Waals surface area contributed by atoms with Crippen molar-refractivity contribution in [1.82, 2.24) is 0 Å². The van der Waals surface area contributed by atoms with Crippen LogP contribution in [0.2, 0.25) is 0 Å². The van der Waals surface area contributed by atoms with Gasteiger partial charge in [-0.15, -0.1) is 0 Å². The number of carbonyl (C=O) groups excluding carboxylic acids is 1. The first-order valence-corrected chi connectivity index (χ1v) is 8.18. The van der Waals surface area contributed by atoms with Gasteiger partial charge in [0.05, 0.1) is 13.2 Å². The van der Waals surface area contributed by atoms with Gasteiger partial charge < -0.3 is 9.47 Å². The lowest BCUT2D eigenvalue weighted by Crippen LogP contribution is -2.09. The number of rotatable bonds is 11. The molecular formula is C18H28O3.